The highest BCUT2D eigenvalue weighted by atomic mass is 16.3. The molecule has 0 saturated carbocycles. The van der Waals surface area contributed by atoms with Crippen molar-refractivity contribution in [3.8, 4) is 0 Å². The van der Waals surface area contributed by atoms with Gasteiger partial charge >= 0.3 is 0 Å². The van der Waals surface area contributed by atoms with Crippen LogP contribution in [0.3, 0.4) is 0 Å². The number of aryl methyl sites for hydroxylation is 1. The Labute approximate surface area is 171 Å². The van der Waals surface area contributed by atoms with Crippen LogP contribution < -0.4 is 10.6 Å². The van der Waals surface area contributed by atoms with Gasteiger partial charge in [-0.3, -0.25) is 4.79 Å². The molecule has 3 rings (SSSR count). The Balaban J connectivity index is 1.59. The summed E-state index contributed by atoms with van der Waals surface area (Å²) in [4.78, 5) is 21.3. The molecule has 2 heterocycles. The lowest BCUT2D eigenvalue weighted by atomic mass is 10.1. The van der Waals surface area contributed by atoms with Gasteiger partial charge in [0, 0.05) is 50.2 Å². The lowest BCUT2D eigenvalue weighted by molar-refractivity contribution is -0.127. The maximum Gasteiger partial charge on any atom is 0.243 e. The van der Waals surface area contributed by atoms with E-state index in [1.165, 1.54) is 16.6 Å². The molecule has 1 amide bonds. The average molecular weight is 396 g/mol. The van der Waals surface area contributed by atoms with E-state index < -0.39 is 0 Å². The molecule has 3 aromatic rings. The first-order chi connectivity index (χ1) is 14.0. The number of aromatic nitrogens is 1. The first-order valence-corrected chi connectivity index (χ1v) is 9.85. The molecule has 0 radical (unpaired) electrons. The molecule has 0 bridgehead atoms. The van der Waals surface area contributed by atoms with Gasteiger partial charge in [-0.05, 0) is 37.1 Å². The third kappa shape index (κ3) is 5.63. The highest BCUT2D eigenvalue weighted by molar-refractivity contribution is 5.86. The van der Waals surface area contributed by atoms with Crippen molar-refractivity contribution in [3.63, 3.8) is 0 Å². The normalized spacial score (nSPS) is 11.6. The van der Waals surface area contributed by atoms with Gasteiger partial charge in [0.15, 0.2) is 5.96 Å². The van der Waals surface area contributed by atoms with Gasteiger partial charge < -0.3 is 24.9 Å². The number of H-pyrrole nitrogens is 1. The monoisotopic (exact) mass is 395 g/mol. The predicted molar refractivity (Wildman–Crippen MR) is 116 cm³/mol. The number of likely N-dealkylation sites (N-methyl/N-ethyl adjacent to an activating group) is 1. The Bertz CT molecular complexity index is 957. The van der Waals surface area contributed by atoms with Crippen LogP contribution in [0.15, 0.2) is 52.1 Å². The largest absolute Gasteiger partial charge is 0.469 e. The van der Waals surface area contributed by atoms with Crippen molar-refractivity contribution < 1.29 is 9.21 Å². The number of furan rings is 1. The second-order valence-corrected chi connectivity index (χ2v) is 7.16. The molecule has 0 spiro atoms. The molecule has 0 saturated heterocycles. The summed E-state index contributed by atoms with van der Waals surface area (Å²) in [5.41, 5.74) is 3.63. The summed E-state index contributed by atoms with van der Waals surface area (Å²) >= 11 is 0. The smallest absolute Gasteiger partial charge is 0.243 e. The van der Waals surface area contributed by atoms with Crippen LogP contribution in [-0.4, -0.2) is 55.5 Å². The van der Waals surface area contributed by atoms with Gasteiger partial charge in [0.25, 0.3) is 0 Å². The minimum Gasteiger partial charge on any atom is -0.469 e. The summed E-state index contributed by atoms with van der Waals surface area (Å²) in [6, 6.07) is 12.1. The Morgan fingerprint density at radius 2 is 1.86 bits per heavy atom. The van der Waals surface area contributed by atoms with Gasteiger partial charge in [0.05, 0.1) is 6.26 Å². The summed E-state index contributed by atoms with van der Waals surface area (Å²) in [7, 11) is 3.46. The van der Waals surface area contributed by atoms with Gasteiger partial charge in [0.2, 0.25) is 5.91 Å². The summed E-state index contributed by atoms with van der Waals surface area (Å²) in [5.74, 6) is 1.50. The standard InChI is InChI=1S/C22H29N5O2/c1-16-18(19-8-4-5-9-20(19)26-16)11-13-24-22(25-15-21(28)27(2)3)23-12-10-17-7-6-14-29-17/h4-9,14,26H,10-13,15H2,1-3H3,(H2,23,24,25). The van der Waals surface area contributed by atoms with Crippen molar-refractivity contribution in [2.75, 3.05) is 33.7 Å². The van der Waals surface area contributed by atoms with Crippen molar-refractivity contribution in [2.45, 2.75) is 19.8 Å². The van der Waals surface area contributed by atoms with Crippen LogP contribution in [-0.2, 0) is 17.6 Å². The molecule has 154 valence electrons. The van der Waals surface area contributed by atoms with Gasteiger partial charge in [-0.15, -0.1) is 0 Å². The SMILES string of the molecule is Cc1[nH]c2ccccc2c1CCNC(=NCC(=O)N(C)C)NCCc1ccco1. The van der Waals surface area contributed by atoms with Gasteiger partial charge in [-0.1, -0.05) is 18.2 Å². The van der Waals surface area contributed by atoms with Crippen molar-refractivity contribution in [1.29, 1.82) is 0 Å². The molecular formula is C22H29N5O2. The number of guanidine groups is 1. The van der Waals surface area contributed by atoms with Crippen molar-refractivity contribution in [3.05, 3.63) is 59.7 Å². The van der Waals surface area contributed by atoms with Gasteiger partial charge in [-0.2, -0.15) is 0 Å². The molecular weight excluding hydrogens is 366 g/mol. The number of hydrogen-bond acceptors (Lipinski definition) is 3. The number of benzene rings is 1. The fourth-order valence-electron chi connectivity index (χ4n) is 3.18. The van der Waals surface area contributed by atoms with Crippen LogP contribution in [0.2, 0.25) is 0 Å². The van der Waals surface area contributed by atoms with E-state index in [4.69, 9.17) is 4.42 Å². The van der Waals surface area contributed by atoms with E-state index in [1.807, 2.05) is 18.2 Å². The Morgan fingerprint density at radius 1 is 1.10 bits per heavy atom. The van der Waals surface area contributed by atoms with Gasteiger partial charge in [-0.25, -0.2) is 4.99 Å². The third-order valence-corrected chi connectivity index (χ3v) is 4.81. The Kier molecular flexibility index (Phi) is 6.94. The number of aliphatic imine (C=N–C) groups is 1. The molecule has 0 aliphatic heterocycles. The molecule has 0 aliphatic rings. The highest BCUT2D eigenvalue weighted by Gasteiger charge is 2.09. The van der Waals surface area contributed by atoms with Crippen LogP contribution in [0.5, 0.6) is 0 Å². The maximum atomic E-state index is 11.9. The Morgan fingerprint density at radius 3 is 2.59 bits per heavy atom. The molecule has 0 unspecified atom stereocenters. The molecule has 0 aliphatic carbocycles. The zero-order valence-electron chi connectivity index (χ0n) is 17.3. The quantitative estimate of drug-likeness (QED) is 0.404. The second-order valence-electron chi connectivity index (χ2n) is 7.16. The van der Waals surface area contributed by atoms with E-state index in [2.05, 4.69) is 45.7 Å². The summed E-state index contributed by atoms with van der Waals surface area (Å²) in [6.45, 7) is 3.59. The van der Waals surface area contributed by atoms with Crippen LogP contribution >= 0.6 is 0 Å². The summed E-state index contributed by atoms with van der Waals surface area (Å²) in [6.07, 6.45) is 3.27. The first-order valence-electron chi connectivity index (χ1n) is 9.85. The van der Waals surface area contributed by atoms with Crippen molar-refractivity contribution in [1.82, 2.24) is 20.5 Å². The van der Waals surface area contributed by atoms with E-state index in [0.717, 1.165) is 24.1 Å². The molecule has 7 nitrogen and oxygen atoms in total. The topological polar surface area (TPSA) is 85.7 Å². The maximum absolute atomic E-state index is 11.9. The molecule has 3 N–H and O–H groups in total. The number of hydrogen-bond donors (Lipinski definition) is 3. The molecule has 1 aromatic carbocycles. The van der Waals surface area contributed by atoms with E-state index in [-0.39, 0.29) is 12.5 Å². The van der Waals surface area contributed by atoms with E-state index in [0.29, 0.717) is 19.0 Å². The fraction of sp³-hybridized carbons (Fsp3) is 0.364. The average Bonchev–Trinajstić information content (AvgIpc) is 3.33. The van der Waals surface area contributed by atoms with Crippen molar-refractivity contribution in [2.24, 2.45) is 4.99 Å². The van der Waals surface area contributed by atoms with Gasteiger partial charge in [0.1, 0.15) is 12.3 Å². The minimum atomic E-state index is -0.0374. The number of aromatic amines is 1. The number of amides is 1. The minimum absolute atomic E-state index is 0.0374. The second kappa shape index (κ2) is 9.82. The van der Waals surface area contributed by atoms with Crippen molar-refractivity contribution >= 4 is 22.8 Å². The number of nitrogens with zero attached hydrogens (tertiary/aromatic N) is 2. The van der Waals surface area contributed by atoms with Crippen LogP contribution in [0.4, 0.5) is 0 Å². The Hall–Kier alpha value is -3.22. The van der Waals surface area contributed by atoms with E-state index in [9.17, 15) is 4.79 Å². The lowest BCUT2D eigenvalue weighted by Crippen LogP contribution is -2.40. The van der Waals surface area contributed by atoms with Crippen LogP contribution in [0, 0.1) is 6.92 Å². The predicted octanol–water partition coefficient (Wildman–Crippen LogP) is 2.48. The highest BCUT2D eigenvalue weighted by Crippen LogP contribution is 2.21. The zero-order valence-corrected chi connectivity index (χ0v) is 17.3. The van der Waals surface area contributed by atoms with Crippen LogP contribution in [0.25, 0.3) is 10.9 Å². The first kappa shape index (κ1) is 20.5. The number of fused-ring (bicyclic) bond motifs is 1. The molecule has 29 heavy (non-hydrogen) atoms. The molecule has 0 atom stereocenters. The third-order valence-electron chi connectivity index (χ3n) is 4.81. The van der Waals surface area contributed by atoms with E-state index >= 15 is 0 Å². The summed E-state index contributed by atoms with van der Waals surface area (Å²) in [5, 5.41) is 7.88. The fourth-order valence-corrected chi connectivity index (χ4v) is 3.18. The summed E-state index contributed by atoms with van der Waals surface area (Å²) < 4.78 is 5.36. The molecule has 0 fully saturated rings. The number of carbonyl (C=O) groups excluding carboxylic acids is 1. The number of nitrogens with one attached hydrogen (secondary N) is 3. The van der Waals surface area contributed by atoms with E-state index in [1.54, 1.807) is 25.3 Å². The molecule has 2 aromatic heterocycles. The number of carbonyl (C=O) groups is 1. The number of rotatable bonds is 8. The zero-order chi connectivity index (χ0) is 20.6. The molecule has 7 heteroatoms. The lowest BCUT2D eigenvalue weighted by Gasteiger charge is -2.13. The van der Waals surface area contributed by atoms with Crippen LogP contribution in [0.1, 0.15) is 17.0 Å². The number of para-hydroxylation sites is 1.